The van der Waals surface area contributed by atoms with Crippen molar-refractivity contribution < 1.29 is 14.6 Å². The predicted octanol–water partition coefficient (Wildman–Crippen LogP) is 3.71. The monoisotopic (exact) mass is 284 g/mol. The molecule has 0 spiro atoms. The van der Waals surface area contributed by atoms with Crippen molar-refractivity contribution >= 4 is 0 Å². The first kappa shape index (κ1) is 14.0. The molecular weight excluding hydrogens is 264 g/mol. The second kappa shape index (κ2) is 6.19. The van der Waals surface area contributed by atoms with Gasteiger partial charge in [0.1, 0.15) is 17.6 Å². The zero-order valence-corrected chi connectivity index (χ0v) is 12.2. The van der Waals surface area contributed by atoms with Crippen molar-refractivity contribution in [1.29, 1.82) is 0 Å². The summed E-state index contributed by atoms with van der Waals surface area (Å²) < 4.78 is 11.4. The minimum atomic E-state index is -0.712. The molecule has 0 aliphatic heterocycles. The van der Waals surface area contributed by atoms with Crippen molar-refractivity contribution in [2.75, 3.05) is 6.61 Å². The molecule has 1 atom stereocenters. The fourth-order valence-electron chi connectivity index (χ4n) is 2.31. The number of rotatable bonds is 6. The number of ether oxygens (including phenoxy) is 2. The Kier molecular flexibility index (Phi) is 4.11. The fraction of sp³-hybridized carbons (Fsp3) is 0.333. The topological polar surface area (TPSA) is 38.7 Å². The van der Waals surface area contributed by atoms with Crippen LogP contribution in [0.2, 0.25) is 0 Å². The van der Waals surface area contributed by atoms with Gasteiger partial charge in [-0.2, -0.15) is 0 Å². The van der Waals surface area contributed by atoms with E-state index in [0.29, 0.717) is 12.7 Å². The summed E-state index contributed by atoms with van der Waals surface area (Å²) in [6.45, 7) is 2.52. The quantitative estimate of drug-likeness (QED) is 0.879. The average molecular weight is 284 g/mol. The summed E-state index contributed by atoms with van der Waals surface area (Å²) in [5, 5.41) is 10.6. The SMILES string of the molecule is CCOc1ccccc1C(O)c1cccc(OC2CC2)c1. The van der Waals surface area contributed by atoms with Crippen LogP contribution in [0.5, 0.6) is 11.5 Å². The van der Waals surface area contributed by atoms with Crippen molar-refractivity contribution in [3.8, 4) is 11.5 Å². The molecule has 3 rings (SSSR count). The van der Waals surface area contributed by atoms with Crippen LogP contribution in [-0.4, -0.2) is 17.8 Å². The summed E-state index contributed by atoms with van der Waals surface area (Å²) >= 11 is 0. The maximum Gasteiger partial charge on any atom is 0.125 e. The van der Waals surface area contributed by atoms with E-state index in [0.717, 1.165) is 35.5 Å². The normalized spacial score (nSPS) is 15.5. The number of hydrogen-bond acceptors (Lipinski definition) is 3. The number of aliphatic hydroxyl groups is 1. The Morgan fingerprint density at radius 3 is 2.71 bits per heavy atom. The molecule has 0 bridgehead atoms. The first-order valence-electron chi connectivity index (χ1n) is 7.44. The maximum atomic E-state index is 10.6. The van der Waals surface area contributed by atoms with E-state index in [1.54, 1.807) is 0 Å². The first-order valence-corrected chi connectivity index (χ1v) is 7.44. The van der Waals surface area contributed by atoms with Gasteiger partial charge in [0.05, 0.1) is 12.7 Å². The third-order valence-corrected chi connectivity index (χ3v) is 3.51. The predicted molar refractivity (Wildman–Crippen MR) is 81.8 cm³/mol. The number of aliphatic hydroxyl groups excluding tert-OH is 1. The average Bonchev–Trinajstić information content (AvgIpc) is 3.32. The molecule has 3 heteroatoms. The zero-order valence-electron chi connectivity index (χ0n) is 12.2. The zero-order chi connectivity index (χ0) is 14.7. The molecule has 1 fully saturated rings. The highest BCUT2D eigenvalue weighted by atomic mass is 16.5. The lowest BCUT2D eigenvalue weighted by molar-refractivity contribution is 0.211. The lowest BCUT2D eigenvalue weighted by atomic mass is 10.0. The molecule has 0 radical (unpaired) electrons. The lowest BCUT2D eigenvalue weighted by Crippen LogP contribution is -2.04. The van der Waals surface area contributed by atoms with Crippen LogP contribution in [0.3, 0.4) is 0 Å². The van der Waals surface area contributed by atoms with E-state index >= 15 is 0 Å². The van der Waals surface area contributed by atoms with Gasteiger partial charge in [-0.05, 0) is 43.5 Å². The van der Waals surface area contributed by atoms with Crippen LogP contribution in [0, 0.1) is 0 Å². The molecule has 1 saturated carbocycles. The molecule has 0 aromatic heterocycles. The standard InChI is InChI=1S/C18H20O3/c1-2-20-17-9-4-3-8-16(17)18(19)13-6-5-7-15(12-13)21-14-10-11-14/h3-9,12,14,18-19H,2,10-11H2,1H3. The molecule has 0 heterocycles. The van der Waals surface area contributed by atoms with E-state index in [1.165, 1.54) is 0 Å². The van der Waals surface area contributed by atoms with Gasteiger partial charge in [0, 0.05) is 5.56 Å². The molecule has 2 aromatic carbocycles. The Labute approximate surface area is 125 Å². The molecule has 1 unspecified atom stereocenters. The fourth-order valence-corrected chi connectivity index (χ4v) is 2.31. The summed E-state index contributed by atoms with van der Waals surface area (Å²) in [6.07, 6.45) is 1.89. The number of para-hydroxylation sites is 1. The van der Waals surface area contributed by atoms with Crippen molar-refractivity contribution in [2.45, 2.75) is 32.0 Å². The van der Waals surface area contributed by atoms with E-state index in [4.69, 9.17) is 9.47 Å². The minimum absolute atomic E-state index is 0.355. The van der Waals surface area contributed by atoms with Gasteiger partial charge in [-0.1, -0.05) is 30.3 Å². The van der Waals surface area contributed by atoms with Gasteiger partial charge in [0.2, 0.25) is 0 Å². The van der Waals surface area contributed by atoms with Crippen LogP contribution in [0.15, 0.2) is 48.5 Å². The highest BCUT2D eigenvalue weighted by Gasteiger charge is 2.24. The molecule has 1 aliphatic carbocycles. The summed E-state index contributed by atoms with van der Waals surface area (Å²) in [5.74, 6) is 1.55. The lowest BCUT2D eigenvalue weighted by Gasteiger charge is -2.16. The minimum Gasteiger partial charge on any atom is -0.493 e. The van der Waals surface area contributed by atoms with Crippen LogP contribution in [0.25, 0.3) is 0 Å². The largest absolute Gasteiger partial charge is 0.493 e. The molecule has 3 nitrogen and oxygen atoms in total. The van der Waals surface area contributed by atoms with Gasteiger partial charge in [-0.15, -0.1) is 0 Å². The van der Waals surface area contributed by atoms with Gasteiger partial charge >= 0.3 is 0 Å². The van der Waals surface area contributed by atoms with Crippen LogP contribution >= 0.6 is 0 Å². The smallest absolute Gasteiger partial charge is 0.125 e. The third-order valence-electron chi connectivity index (χ3n) is 3.51. The molecule has 110 valence electrons. The van der Waals surface area contributed by atoms with Crippen LogP contribution < -0.4 is 9.47 Å². The Bertz CT molecular complexity index is 605. The van der Waals surface area contributed by atoms with Crippen LogP contribution in [0.4, 0.5) is 0 Å². The molecule has 21 heavy (non-hydrogen) atoms. The van der Waals surface area contributed by atoms with Gasteiger partial charge in [0.15, 0.2) is 0 Å². The Hall–Kier alpha value is -2.00. The first-order chi connectivity index (χ1) is 10.3. The van der Waals surface area contributed by atoms with Crippen molar-refractivity contribution in [3.63, 3.8) is 0 Å². The van der Waals surface area contributed by atoms with Crippen molar-refractivity contribution in [3.05, 3.63) is 59.7 Å². The second-order valence-electron chi connectivity index (χ2n) is 5.26. The van der Waals surface area contributed by atoms with Crippen molar-refractivity contribution in [1.82, 2.24) is 0 Å². The van der Waals surface area contributed by atoms with Gasteiger partial charge in [0.25, 0.3) is 0 Å². The second-order valence-corrected chi connectivity index (χ2v) is 5.26. The Balaban J connectivity index is 1.85. The third kappa shape index (κ3) is 3.37. The molecule has 1 N–H and O–H groups in total. The van der Waals surface area contributed by atoms with E-state index in [1.807, 2.05) is 55.5 Å². The van der Waals surface area contributed by atoms with E-state index < -0.39 is 6.10 Å². The van der Waals surface area contributed by atoms with Gasteiger partial charge < -0.3 is 14.6 Å². The molecule has 0 saturated heterocycles. The van der Waals surface area contributed by atoms with Gasteiger partial charge in [-0.25, -0.2) is 0 Å². The van der Waals surface area contributed by atoms with E-state index in [-0.39, 0.29) is 0 Å². The number of hydrogen-bond donors (Lipinski definition) is 1. The molecule has 0 amide bonds. The van der Waals surface area contributed by atoms with E-state index in [2.05, 4.69) is 0 Å². The Morgan fingerprint density at radius 2 is 1.95 bits per heavy atom. The van der Waals surface area contributed by atoms with E-state index in [9.17, 15) is 5.11 Å². The molecule has 1 aliphatic rings. The van der Waals surface area contributed by atoms with Crippen LogP contribution in [0.1, 0.15) is 37.0 Å². The summed E-state index contributed by atoms with van der Waals surface area (Å²) in [4.78, 5) is 0. The Morgan fingerprint density at radius 1 is 1.14 bits per heavy atom. The maximum absolute atomic E-state index is 10.6. The summed E-state index contributed by atoms with van der Waals surface area (Å²) in [5.41, 5.74) is 1.60. The highest BCUT2D eigenvalue weighted by Crippen LogP contribution is 2.33. The number of benzene rings is 2. The molecule has 2 aromatic rings. The highest BCUT2D eigenvalue weighted by molar-refractivity contribution is 5.42. The van der Waals surface area contributed by atoms with Crippen molar-refractivity contribution in [2.24, 2.45) is 0 Å². The summed E-state index contributed by atoms with van der Waals surface area (Å²) in [6, 6.07) is 15.3. The molecular formula is C18H20O3. The summed E-state index contributed by atoms with van der Waals surface area (Å²) in [7, 11) is 0. The van der Waals surface area contributed by atoms with Gasteiger partial charge in [-0.3, -0.25) is 0 Å². The van der Waals surface area contributed by atoms with Crippen LogP contribution in [-0.2, 0) is 0 Å².